The molecule has 0 unspecified atom stereocenters. The number of benzene rings is 2. The van der Waals surface area contributed by atoms with Gasteiger partial charge in [0.15, 0.2) is 5.82 Å². The second-order valence-electron chi connectivity index (χ2n) is 7.45. The maximum atomic E-state index is 13.2. The van der Waals surface area contributed by atoms with Gasteiger partial charge in [-0.25, -0.2) is 4.98 Å². The van der Waals surface area contributed by atoms with Crippen LogP contribution in [0.15, 0.2) is 79.3 Å². The van der Waals surface area contributed by atoms with Crippen molar-refractivity contribution in [3.8, 4) is 11.3 Å². The third-order valence-electron chi connectivity index (χ3n) is 5.10. The lowest BCUT2D eigenvalue weighted by Crippen LogP contribution is -2.14. The molecule has 5 rings (SSSR count). The summed E-state index contributed by atoms with van der Waals surface area (Å²) in [5.41, 5.74) is 3.88. The third kappa shape index (κ3) is 4.10. The Morgan fingerprint density at radius 3 is 2.69 bits per heavy atom. The van der Waals surface area contributed by atoms with Crippen molar-refractivity contribution in [2.45, 2.75) is 6.54 Å². The molecule has 1 N–H and O–H groups in total. The van der Waals surface area contributed by atoms with Crippen molar-refractivity contribution in [3.63, 3.8) is 0 Å². The number of carbonyl (C=O) groups is 1. The Labute approximate surface area is 189 Å². The van der Waals surface area contributed by atoms with Crippen LogP contribution in [0.1, 0.15) is 15.9 Å². The number of pyridine rings is 1. The summed E-state index contributed by atoms with van der Waals surface area (Å²) in [6, 6.07) is 18.7. The van der Waals surface area contributed by atoms with Gasteiger partial charge >= 0.3 is 0 Å². The van der Waals surface area contributed by atoms with Gasteiger partial charge < -0.3 is 5.32 Å². The summed E-state index contributed by atoms with van der Waals surface area (Å²) in [5, 5.41) is 13.1. The van der Waals surface area contributed by atoms with Crippen LogP contribution in [0.25, 0.3) is 22.2 Å². The Bertz CT molecular complexity index is 1420. The first kappa shape index (κ1) is 20.0. The van der Waals surface area contributed by atoms with E-state index >= 15 is 0 Å². The standard InChI is InChI=1S/C24H19ClN6O/c1-30-15-17(13-26-30)22-12-20(19-4-2-3-5-21(19)27-22)24(32)28-23-10-11-31(29-23)14-16-6-8-18(25)9-7-16/h2-13,15H,14H2,1H3,(H,28,29,32). The molecule has 0 bridgehead atoms. The fourth-order valence-corrected chi connectivity index (χ4v) is 3.67. The van der Waals surface area contributed by atoms with Gasteiger partial charge in [0.25, 0.3) is 5.91 Å². The summed E-state index contributed by atoms with van der Waals surface area (Å²) in [6.45, 7) is 0.580. The maximum absolute atomic E-state index is 13.2. The lowest BCUT2D eigenvalue weighted by molar-refractivity contribution is 0.102. The zero-order valence-corrected chi connectivity index (χ0v) is 18.0. The largest absolute Gasteiger partial charge is 0.305 e. The van der Waals surface area contributed by atoms with Crippen LogP contribution >= 0.6 is 11.6 Å². The van der Waals surface area contributed by atoms with Gasteiger partial charge in [-0.05, 0) is 29.8 Å². The molecule has 0 fully saturated rings. The van der Waals surface area contributed by atoms with Crippen LogP contribution < -0.4 is 5.32 Å². The molecule has 1 amide bonds. The topological polar surface area (TPSA) is 77.6 Å². The summed E-state index contributed by atoms with van der Waals surface area (Å²) < 4.78 is 3.48. The normalized spacial score (nSPS) is 11.1. The Morgan fingerprint density at radius 2 is 1.91 bits per heavy atom. The van der Waals surface area contributed by atoms with Gasteiger partial charge in [-0.2, -0.15) is 10.2 Å². The van der Waals surface area contributed by atoms with E-state index in [-0.39, 0.29) is 5.91 Å². The number of carbonyl (C=O) groups excluding carboxylic acids is 1. The second kappa shape index (κ2) is 8.28. The van der Waals surface area contributed by atoms with Crippen molar-refractivity contribution in [1.82, 2.24) is 24.5 Å². The van der Waals surface area contributed by atoms with E-state index in [9.17, 15) is 4.79 Å². The smallest absolute Gasteiger partial charge is 0.257 e. The highest BCUT2D eigenvalue weighted by Crippen LogP contribution is 2.25. The molecule has 3 aromatic heterocycles. The van der Waals surface area contributed by atoms with Crippen molar-refractivity contribution in [2.75, 3.05) is 5.32 Å². The summed E-state index contributed by atoms with van der Waals surface area (Å²) in [4.78, 5) is 17.9. The highest BCUT2D eigenvalue weighted by atomic mass is 35.5. The van der Waals surface area contributed by atoms with Gasteiger partial charge in [0, 0.05) is 41.5 Å². The van der Waals surface area contributed by atoms with Crippen LogP contribution in [0, 0.1) is 0 Å². The Kier molecular flexibility index (Phi) is 5.17. The minimum absolute atomic E-state index is 0.245. The molecule has 158 valence electrons. The first-order chi connectivity index (χ1) is 15.5. The lowest BCUT2D eigenvalue weighted by atomic mass is 10.0. The van der Waals surface area contributed by atoms with E-state index in [0.29, 0.717) is 28.6 Å². The van der Waals surface area contributed by atoms with E-state index < -0.39 is 0 Å². The number of rotatable bonds is 5. The number of nitrogens with one attached hydrogen (secondary N) is 1. The summed E-state index contributed by atoms with van der Waals surface area (Å²) in [6.07, 6.45) is 5.43. The quantitative estimate of drug-likeness (QED) is 0.424. The van der Waals surface area contributed by atoms with Crippen molar-refractivity contribution in [2.24, 2.45) is 7.05 Å². The number of halogens is 1. The van der Waals surface area contributed by atoms with Gasteiger partial charge in [0.2, 0.25) is 0 Å². The number of anilines is 1. The lowest BCUT2D eigenvalue weighted by Gasteiger charge is -2.09. The van der Waals surface area contributed by atoms with E-state index in [1.807, 2.05) is 68.0 Å². The SMILES string of the molecule is Cn1cc(-c2cc(C(=O)Nc3ccn(Cc4ccc(Cl)cc4)n3)c3ccccc3n2)cn1. The molecule has 0 saturated heterocycles. The number of amides is 1. The number of fused-ring (bicyclic) bond motifs is 1. The number of hydrogen-bond donors (Lipinski definition) is 1. The van der Waals surface area contributed by atoms with Crippen molar-refractivity contribution >= 4 is 34.2 Å². The molecule has 3 heterocycles. The fourth-order valence-electron chi connectivity index (χ4n) is 3.54. The minimum atomic E-state index is -0.245. The Hall–Kier alpha value is -3.97. The number of para-hydroxylation sites is 1. The molecule has 2 aromatic carbocycles. The highest BCUT2D eigenvalue weighted by molar-refractivity contribution is 6.30. The van der Waals surface area contributed by atoms with Crippen LogP contribution in [-0.4, -0.2) is 30.5 Å². The summed E-state index contributed by atoms with van der Waals surface area (Å²) in [5.74, 6) is 0.235. The van der Waals surface area contributed by atoms with E-state index in [4.69, 9.17) is 16.6 Å². The average molecular weight is 443 g/mol. The van der Waals surface area contributed by atoms with Gasteiger partial charge in [-0.15, -0.1) is 0 Å². The van der Waals surface area contributed by atoms with E-state index in [2.05, 4.69) is 15.5 Å². The molecule has 32 heavy (non-hydrogen) atoms. The summed E-state index contributed by atoms with van der Waals surface area (Å²) in [7, 11) is 1.85. The molecule has 0 atom stereocenters. The minimum Gasteiger partial charge on any atom is -0.305 e. The summed E-state index contributed by atoms with van der Waals surface area (Å²) >= 11 is 5.95. The molecule has 0 spiro atoms. The predicted octanol–water partition coefficient (Wildman–Crippen LogP) is 4.79. The molecule has 5 aromatic rings. The van der Waals surface area contributed by atoms with Crippen LogP contribution in [0.5, 0.6) is 0 Å². The van der Waals surface area contributed by atoms with E-state index in [1.165, 1.54) is 0 Å². The molecule has 0 saturated carbocycles. The first-order valence-corrected chi connectivity index (χ1v) is 10.4. The second-order valence-corrected chi connectivity index (χ2v) is 7.89. The van der Waals surface area contributed by atoms with E-state index in [1.54, 1.807) is 27.7 Å². The van der Waals surface area contributed by atoms with Crippen molar-refractivity contribution in [3.05, 3.63) is 95.4 Å². The van der Waals surface area contributed by atoms with Crippen LogP contribution in [0.3, 0.4) is 0 Å². The Morgan fingerprint density at radius 1 is 1.09 bits per heavy atom. The number of aryl methyl sites for hydroxylation is 1. The highest BCUT2D eigenvalue weighted by Gasteiger charge is 2.16. The van der Waals surface area contributed by atoms with Gasteiger partial charge in [-0.1, -0.05) is 41.9 Å². The number of aromatic nitrogens is 5. The first-order valence-electron chi connectivity index (χ1n) is 10.0. The van der Waals surface area contributed by atoms with Gasteiger partial charge in [-0.3, -0.25) is 14.2 Å². The third-order valence-corrected chi connectivity index (χ3v) is 5.35. The molecule has 0 aliphatic heterocycles. The van der Waals surface area contributed by atoms with Crippen LogP contribution in [0.4, 0.5) is 5.82 Å². The molecule has 8 heteroatoms. The predicted molar refractivity (Wildman–Crippen MR) is 125 cm³/mol. The van der Waals surface area contributed by atoms with Crippen molar-refractivity contribution in [1.29, 1.82) is 0 Å². The molecule has 7 nitrogen and oxygen atoms in total. The molecular weight excluding hydrogens is 424 g/mol. The Balaban J connectivity index is 1.42. The molecule has 0 aliphatic rings. The fraction of sp³-hybridized carbons (Fsp3) is 0.0833. The zero-order chi connectivity index (χ0) is 22.1. The van der Waals surface area contributed by atoms with Crippen molar-refractivity contribution < 1.29 is 4.79 Å². The molecule has 0 aliphatic carbocycles. The zero-order valence-electron chi connectivity index (χ0n) is 17.2. The van der Waals surface area contributed by atoms with Crippen LogP contribution in [-0.2, 0) is 13.6 Å². The van der Waals surface area contributed by atoms with E-state index in [0.717, 1.165) is 22.0 Å². The number of nitrogens with zero attached hydrogens (tertiary/aromatic N) is 5. The monoisotopic (exact) mass is 442 g/mol. The molecular formula is C24H19ClN6O. The maximum Gasteiger partial charge on any atom is 0.257 e. The molecule has 0 radical (unpaired) electrons. The average Bonchev–Trinajstić information content (AvgIpc) is 3.43. The van der Waals surface area contributed by atoms with Gasteiger partial charge in [0.05, 0.1) is 29.5 Å². The van der Waals surface area contributed by atoms with Gasteiger partial charge in [0.1, 0.15) is 0 Å². The number of hydrogen-bond acceptors (Lipinski definition) is 4. The van der Waals surface area contributed by atoms with Crippen LogP contribution in [0.2, 0.25) is 5.02 Å².